The molecule has 4 aromatic carbocycles. The summed E-state index contributed by atoms with van der Waals surface area (Å²) in [6.07, 6.45) is -9.27. The predicted octanol–water partition coefficient (Wildman–Crippen LogP) is 5.18. The van der Waals surface area contributed by atoms with E-state index in [9.17, 15) is 10.2 Å². The summed E-state index contributed by atoms with van der Waals surface area (Å²) >= 11 is 0. The molecule has 272 valence electrons. The van der Waals surface area contributed by atoms with Gasteiger partial charge in [-0.2, -0.15) is 0 Å². The molecule has 0 amide bonds. The number of aliphatic hydroxyl groups is 2. The summed E-state index contributed by atoms with van der Waals surface area (Å²) < 4.78 is 51.3. The fourth-order valence-corrected chi connectivity index (χ4v) is 6.34. The molecule has 4 aromatic rings. The van der Waals surface area contributed by atoms with Gasteiger partial charge in [0.2, 0.25) is 0 Å². The van der Waals surface area contributed by atoms with E-state index in [0.29, 0.717) is 6.61 Å². The van der Waals surface area contributed by atoms with Crippen LogP contribution < -0.4 is 0 Å². The van der Waals surface area contributed by atoms with E-state index in [2.05, 4.69) is 0 Å². The molecule has 0 bridgehead atoms. The third-order valence-corrected chi connectivity index (χ3v) is 9.15. The van der Waals surface area contributed by atoms with Gasteiger partial charge in [-0.25, -0.2) is 0 Å². The molecule has 0 saturated carbocycles. The zero-order valence-corrected chi connectivity index (χ0v) is 29.0. The van der Waals surface area contributed by atoms with Crippen LogP contribution in [-0.2, 0) is 64.3 Å². The molecule has 10 atom stereocenters. The van der Waals surface area contributed by atoms with E-state index in [1.165, 1.54) is 0 Å². The van der Waals surface area contributed by atoms with Gasteiger partial charge in [-0.1, -0.05) is 121 Å². The summed E-state index contributed by atoms with van der Waals surface area (Å²) in [6.45, 7) is 2.85. The van der Waals surface area contributed by atoms with Gasteiger partial charge >= 0.3 is 0 Å². The largest absolute Gasteiger partial charge is 0.388 e. The van der Waals surface area contributed by atoms with Crippen LogP contribution in [0.4, 0.5) is 0 Å². The SMILES string of the molecule is CO[C@H]1O[C@H](COCc2ccccc2)[C@@H](O[C@@H]2O[C@@H](C)[C@H](O)[C@@H](O)[C@H]2OCc2ccccc2)[C@H](OCc2ccccc2)[C@H]1OCc1ccccc1. The molecule has 10 heteroatoms. The number of hydrogen-bond donors (Lipinski definition) is 2. The Morgan fingerprint density at radius 3 is 1.45 bits per heavy atom. The number of ether oxygens (including phenoxy) is 8. The summed E-state index contributed by atoms with van der Waals surface area (Å²) in [4.78, 5) is 0. The Bertz CT molecular complexity index is 1550. The number of benzene rings is 4. The van der Waals surface area contributed by atoms with Crippen molar-refractivity contribution < 1.29 is 48.1 Å². The Morgan fingerprint density at radius 1 is 0.510 bits per heavy atom. The van der Waals surface area contributed by atoms with Crippen LogP contribution in [0.5, 0.6) is 0 Å². The highest BCUT2D eigenvalue weighted by atomic mass is 16.8. The highest BCUT2D eigenvalue weighted by Crippen LogP contribution is 2.34. The van der Waals surface area contributed by atoms with Crippen molar-refractivity contribution in [1.82, 2.24) is 0 Å². The van der Waals surface area contributed by atoms with Gasteiger partial charge in [-0.3, -0.25) is 0 Å². The van der Waals surface area contributed by atoms with E-state index in [4.69, 9.17) is 37.9 Å². The second kappa shape index (κ2) is 18.8. The minimum absolute atomic E-state index is 0.124. The second-order valence-corrected chi connectivity index (χ2v) is 12.9. The molecule has 2 aliphatic rings. The zero-order chi connectivity index (χ0) is 35.4. The van der Waals surface area contributed by atoms with Crippen LogP contribution in [0, 0.1) is 0 Å². The number of hydrogen-bond acceptors (Lipinski definition) is 10. The van der Waals surface area contributed by atoms with Crippen molar-refractivity contribution in [2.75, 3.05) is 13.7 Å². The van der Waals surface area contributed by atoms with Crippen LogP contribution in [-0.4, -0.2) is 85.3 Å². The van der Waals surface area contributed by atoms with Gasteiger partial charge in [0.05, 0.1) is 39.1 Å². The third kappa shape index (κ3) is 10.1. The average Bonchev–Trinajstić information content (AvgIpc) is 3.17. The Morgan fingerprint density at radius 2 is 0.961 bits per heavy atom. The Kier molecular flexibility index (Phi) is 13.7. The van der Waals surface area contributed by atoms with Crippen molar-refractivity contribution in [3.8, 4) is 0 Å². The van der Waals surface area contributed by atoms with Gasteiger partial charge in [0, 0.05) is 7.11 Å². The topological polar surface area (TPSA) is 114 Å². The van der Waals surface area contributed by atoms with E-state index in [1.54, 1.807) is 14.0 Å². The van der Waals surface area contributed by atoms with Crippen molar-refractivity contribution in [1.29, 1.82) is 0 Å². The summed E-state index contributed by atoms with van der Waals surface area (Å²) in [5.74, 6) is 0. The molecule has 6 rings (SSSR count). The molecule has 2 aliphatic heterocycles. The lowest BCUT2D eigenvalue weighted by Crippen LogP contribution is -2.65. The first-order valence-electron chi connectivity index (χ1n) is 17.4. The van der Waals surface area contributed by atoms with E-state index < -0.39 is 61.4 Å². The molecule has 0 radical (unpaired) electrons. The van der Waals surface area contributed by atoms with Crippen molar-refractivity contribution in [2.45, 2.75) is 94.8 Å². The van der Waals surface area contributed by atoms with Crippen molar-refractivity contribution in [2.24, 2.45) is 0 Å². The van der Waals surface area contributed by atoms with Gasteiger partial charge in [0.1, 0.15) is 42.7 Å². The maximum Gasteiger partial charge on any atom is 0.187 e. The predicted molar refractivity (Wildman–Crippen MR) is 188 cm³/mol. The lowest BCUT2D eigenvalue weighted by atomic mass is 9.96. The molecule has 2 fully saturated rings. The number of aliphatic hydroxyl groups excluding tert-OH is 2. The monoisotopic (exact) mass is 700 g/mol. The molecular weight excluding hydrogens is 652 g/mol. The van der Waals surface area contributed by atoms with Gasteiger partial charge in [0.25, 0.3) is 0 Å². The van der Waals surface area contributed by atoms with Crippen LogP contribution in [0.15, 0.2) is 121 Å². The molecule has 51 heavy (non-hydrogen) atoms. The van der Waals surface area contributed by atoms with Crippen LogP contribution in [0.25, 0.3) is 0 Å². The Balaban J connectivity index is 1.31. The number of rotatable bonds is 16. The first-order valence-corrected chi connectivity index (χ1v) is 17.4. The van der Waals surface area contributed by atoms with Crippen molar-refractivity contribution in [3.05, 3.63) is 144 Å². The molecule has 2 N–H and O–H groups in total. The molecule has 10 nitrogen and oxygen atoms in total. The van der Waals surface area contributed by atoms with Crippen LogP contribution in [0.2, 0.25) is 0 Å². The lowest BCUT2D eigenvalue weighted by molar-refractivity contribution is -0.368. The van der Waals surface area contributed by atoms with Crippen LogP contribution in [0.1, 0.15) is 29.2 Å². The lowest BCUT2D eigenvalue weighted by Gasteiger charge is -2.48. The minimum atomic E-state index is -1.29. The fraction of sp³-hybridized carbons (Fsp3) is 0.415. The second-order valence-electron chi connectivity index (χ2n) is 12.9. The molecule has 2 heterocycles. The molecule has 0 aromatic heterocycles. The average molecular weight is 701 g/mol. The Labute approximate surface area is 299 Å². The van der Waals surface area contributed by atoms with Gasteiger partial charge in [-0.05, 0) is 29.2 Å². The third-order valence-electron chi connectivity index (χ3n) is 9.15. The van der Waals surface area contributed by atoms with Crippen LogP contribution in [0.3, 0.4) is 0 Å². The van der Waals surface area contributed by atoms with Crippen molar-refractivity contribution in [3.63, 3.8) is 0 Å². The van der Waals surface area contributed by atoms with Crippen LogP contribution >= 0.6 is 0 Å². The van der Waals surface area contributed by atoms with E-state index in [-0.39, 0.29) is 26.4 Å². The highest BCUT2D eigenvalue weighted by molar-refractivity contribution is 5.16. The van der Waals surface area contributed by atoms with E-state index >= 15 is 0 Å². The smallest absolute Gasteiger partial charge is 0.187 e. The molecule has 2 saturated heterocycles. The fourth-order valence-electron chi connectivity index (χ4n) is 6.34. The summed E-state index contributed by atoms with van der Waals surface area (Å²) in [5.41, 5.74) is 3.83. The summed E-state index contributed by atoms with van der Waals surface area (Å²) in [6, 6.07) is 39.1. The van der Waals surface area contributed by atoms with Gasteiger partial charge in [-0.15, -0.1) is 0 Å². The minimum Gasteiger partial charge on any atom is -0.388 e. The molecule has 0 aliphatic carbocycles. The Hall–Kier alpha value is -3.52. The molecule has 0 unspecified atom stereocenters. The quantitative estimate of drug-likeness (QED) is 0.162. The molecule has 0 spiro atoms. The highest BCUT2D eigenvalue weighted by Gasteiger charge is 2.52. The maximum absolute atomic E-state index is 11.3. The van der Waals surface area contributed by atoms with E-state index in [0.717, 1.165) is 22.3 Å². The van der Waals surface area contributed by atoms with Gasteiger partial charge in [0.15, 0.2) is 12.6 Å². The van der Waals surface area contributed by atoms with Crippen molar-refractivity contribution >= 4 is 0 Å². The first-order chi connectivity index (χ1) is 25.0. The number of methoxy groups -OCH3 is 1. The first kappa shape index (κ1) is 37.2. The summed E-state index contributed by atoms with van der Waals surface area (Å²) in [5, 5.41) is 22.2. The normalized spacial score (nSPS) is 29.5. The standard InChI is InChI=1S/C41H48O10/c1-28-34(42)35(43)37(46-24-30-17-9-4-10-18-30)41(49-28)51-36-33(27-45-23-29-15-7-3-8-16-29)50-40(44-2)39(48-26-32-21-13-6-14-22-32)38(36)47-25-31-19-11-5-12-20-31/h3-22,28,33-43H,23-27H2,1-2H3/t28-,33+,34-,35+,36+,37+,38-,39+,40-,41-/m0/s1. The molecular formula is C41H48O10. The zero-order valence-electron chi connectivity index (χ0n) is 29.0. The van der Waals surface area contributed by atoms with E-state index in [1.807, 2.05) is 121 Å². The van der Waals surface area contributed by atoms with Gasteiger partial charge < -0.3 is 48.1 Å². The summed E-state index contributed by atoms with van der Waals surface area (Å²) in [7, 11) is 1.57. The maximum atomic E-state index is 11.3.